The number of halogens is 1. The average molecular weight is 287 g/mol. The predicted octanol–water partition coefficient (Wildman–Crippen LogP) is 4.11. The van der Waals surface area contributed by atoms with E-state index in [9.17, 15) is 4.79 Å². The summed E-state index contributed by atoms with van der Waals surface area (Å²) >= 11 is 5.94. The highest BCUT2D eigenvalue weighted by Gasteiger charge is 2.12. The molecule has 0 aliphatic rings. The van der Waals surface area contributed by atoms with Crippen LogP contribution >= 0.6 is 11.6 Å². The molecule has 4 nitrogen and oxygen atoms in total. The fourth-order valence-electron chi connectivity index (χ4n) is 1.98. The van der Waals surface area contributed by atoms with Crippen LogP contribution in [-0.4, -0.2) is 10.9 Å². The first-order valence-electron chi connectivity index (χ1n) is 6.06. The van der Waals surface area contributed by atoms with Crippen molar-refractivity contribution in [2.75, 3.05) is 5.32 Å². The Morgan fingerprint density at radius 2 is 2.05 bits per heavy atom. The Labute approximate surface area is 120 Å². The number of oxazole rings is 1. The lowest BCUT2D eigenvalue weighted by atomic mass is 10.2. The molecule has 0 spiro atoms. The number of aromatic nitrogens is 1. The molecule has 20 heavy (non-hydrogen) atoms. The van der Waals surface area contributed by atoms with Gasteiger partial charge >= 0.3 is 0 Å². The van der Waals surface area contributed by atoms with E-state index in [-0.39, 0.29) is 5.91 Å². The molecular formula is C15H11ClN2O2. The molecule has 100 valence electrons. The van der Waals surface area contributed by atoms with Gasteiger partial charge in [-0.15, -0.1) is 0 Å². The number of hydrogen-bond acceptors (Lipinski definition) is 3. The number of carbonyl (C=O) groups excluding carboxylic acids is 1. The molecule has 0 atom stereocenters. The fraction of sp³-hybridized carbons (Fsp3) is 0.0667. The van der Waals surface area contributed by atoms with Crippen LogP contribution in [0.15, 0.2) is 46.9 Å². The zero-order chi connectivity index (χ0) is 14.1. The largest absolute Gasteiger partial charge is 0.436 e. The third kappa shape index (κ3) is 2.38. The maximum absolute atomic E-state index is 11.2. The summed E-state index contributed by atoms with van der Waals surface area (Å²) in [6.45, 7) is 1.46. The molecule has 1 N–H and O–H groups in total. The summed E-state index contributed by atoms with van der Waals surface area (Å²) in [6.07, 6.45) is 0. The van der Waals surface area contributed by atoms with E-state index in [1.165, 1.54) is 6.92 Å². The van der Waals surface area contributed by atoms with Crippen molar-refractivity contribution in [3.63, 3.8) is 0 Å². The molecule has 1 heterocycles. The Balaban J connectivity index is 2.13. The van der Waals surface area contributed by atoms with Crippen LogP contribution in [0.4, 0.5) is 5.69 Å². The van der Waals surface area contributed by atoms with E-state index in [1.54, 1.807) is 24.3 Å². The van der Waals surface area contributed by atoms with Crippen LogP contribution in [0.3, 0.4) is 0 Å². The second-order valence-corrected chi connectivity index (χ2v) is 4.79. The number of carbonyl (C=O) groups is 1. The number of rotatable bonds is 2. The Kier molecular flexibility index (Phi) is 3.16. The van der Waals surface area contributed by atoms with Crippen LogP contribution in [0, 0.1) is 0 Å². The van der Waals surface area contributed by atoms with Crippen molar-refractivity contribution in [1.29, 1.82) is 0 Å². The van der Waals surface area contributed by atoms with Crippen LogP contribution in [0.2, 0.25) is 5.02 Å². The van der Waals surface area contributed by atoms with Crippen LogP contribution < -0.4 is 5.32 Å². The lowest BCUT2D eigenvalue weighted by molar-refractivity contribution is -0.114. The first kappa shape index (κ1) is 12.7. The van der Waals surface area contributed by atoms with Crippen molar-refractivity contribution in [3.05, 3.63) is 47.5 Å². The van der Waals surface area contributed by atoms with Crippen LogP contribution in [-0.2, 0) is 4.79 Å². The number of amides is 1. The van der Waals surface area contributed by atoms with E-state index in [2.05, 4.69) is 10.3 Å². The highest BCUT2D eigenvalue weighted by atomic mass is 35.5. The van der Waals surface area contributed by atoms with Crippen molar-refractivity contribution in [3.8, 4) is 11.5 Å². The molecule has 1 aromatic heterocycles. The van der Waals surface area contributed by atoms with Crippen molar-refractivity contribution in [2.45, 2.75) is 6.92 Å². The van der Waals surface area contributed by atoms with Gasteiger partial charge in [-0.2, -0.15) is 0 Å². The van der Waals surface area contributed by atoms with Crippen molar-refractivity contribution < 1.29 is 9.21 Å². The van der Waals surface area contributed by atoms with E-state index in [0.29, 0.717) is 27.7 Å². The molecular weight excluding hydrogens is 276 g/mol. The van der Waals surface area contributed by atoms with Crippen molar-refractivity contribution >= 4 is 34.3 Å². The van der Waals surface area contributed by atoms with E-state index in [4.69, 9.17) is 16.0 Å². The summed E-state index contributed by atoms with van der Waals surface area (Å²) in [5.41, 5.74) is 2.74. The second-order valence-electron chi connectivity index (χ2n) is 4.36. The summed E-state index contributed by atoms with van der Waals surface area (Å²) in [5, 5.41) is 3.37. The molecule has 0 aliphatic carbocycles. The Bertz CT molecular complexity index is 795. The normalized spacial score (nSPS) is 10.7. The summed E-state index contributed by atoms with van der Waals surface area (Å²) in [6, 6.07) is 12.6. The first-order valence-corrected chi connectivity index (χ1v) is 6.44. The number of nitrogens with one attached hydrogen (secondary N) is 1. The minimum atomic E-state index is -0.142. The van der Waals surface area contributed by atoms with Gasteiger partial charge in [0.25, 0.3) is 0 Å². The van der Waals surface area contributed by atoms with Gasteiger partial charge < -0.3 is 9.73 Å². The van der Waals surface area contributed by atoms with Gasteiger partial charge in [-0.3, -0.25) is 4.79 Å². The maximum Gasteiger partial charge on any atom is 0.229 e. The maximum atomic E-state index is 11.2. The number of hydrogen-bond donors (Lipinski definition) is 1. The zero-order valence-electron chi connectivity index (χ0n) is 10.7. The van der Waals surface area contributed by atoms with Gasteiger partial charge in [-0.1, -0.05) is 23.7 Å². The third-order valence-electron chi connectivity index (χ3n) is 2.82. The molecule has 3 aromatic rings. The summed E-state index contributed by atoms with van der Waals surface area (Å²) in [5.74, 6) is 0.309. The lowest BCUT2D eigenvalue weighted by Crippen LogP contribution is -2.06. The quantitative estimate of drug-likeness (QED) is 0.771. The lowest BCUT2D eigenvalue weighted by Gasteiger charge is -2.06. The molecule has 0 unspecified atom stereocenters. The highest BCUT2D eigenvalue weighted by Crippen LogP contribution is 2.30. The number of anilines is 1. The molecule has 0 aliphatic heterocycles. The van der Waals surface area contributed by atoms with Crippen molar-refractivity contribution in [1.82, 2.24) is 4.98 Å². The second kappa shape index (κ2) is 4.98. The molecule has 0 saturated heterocycles. The van der Waals surface area contributed by atoms with Crippen LogP contribution in [0.25, 0.3) is 22.6 Å². The smallest absolute Gasteiger partial charge is 0.229 e. The van der Waals surface area contributed by atoms with E-state index < -0.39 is 0 Å². The molecule has 3 rings (SSSR count). The van der Waals surface area contributed by atoms with Gasteiger partial charge in [0.1, 0.15) is 5.52 Å². The van der Waals surface area contributed by atoms with Gasteiger partial charge in [-0.05, 0) is 30.3 Å². The van der Waals surface area contributed by atoms with Gasteiger partial charge in [-0.25, -0.2) is 4.98 Å². The molecule has 0 radical (unpaired) electrons. The number of para-hydroxylation sites is 1. The zero-order valence-corrected chi connectivity index (χ0v) is 11.4. The number of fused-ring (bicyclic) bond motifs is 1. The fourth-order valence-corrected chi connectivity index (χ4v) is 2.15. The Morgan fingerprint density at radius 3 is 2.85 bits per heavy atom. The van der Waals surface area contributed by atoms with E-state index in [0.717, 1.165) is 5.56 Å². The SMILES string of the molecule is CC(=O)Nc1ccccc1-c1nc2cc(Cl)ccc2o1. The molecule has 0 fully saturated rings. The average Bonchev–Trinajstić information content (AvgIpc) is 2.81. The third-order valence-corrected chi connectivity index (χ3v) is 3.05. The summed E-state index contributed by atoms with van der Waals surface area (Å²) in [4.78, 5) is 15.6. The van der Waals surface area contributed by atoms with Gasteiger partial charge in [0, 0.05) is 11.9 Å². The van der Waals surface area contributed by atoms with Crippen LogP contribution in [0.1, 0.15) is 6.92 Å². The minimum absolute atomic E-state index is 0.142. The minimum Gasteiger partial charge on any atom is -0.436 e. The van der Waals surface area contributed by atoms with Gasteiger partial charge in [0.2, 0.25) is 11.8 Å². The Morgan fingerprint density at radius 1 is 1.25 bits per heavy atom. The topological polar surface area (TPSA) is 55.1 Å². The van der Waals surface area contributed by atoms with Gasteiger partial charge in [0.05, 0.1) is 11.3 Å². The number of benzene rings is 2. The Hall–Kier alpha value is -2.33. The molecule has 0 saturated carbocycles. The molecule has 2 aromatic carbocycles. The molecule has 5 heteroatoms. The predicted molar refractivity (Wildman–Crippen MR) is 78.8 cm³/mol. The summed E-state index contributed by atoms with van der Waals surface area (Å²) < 4.78 is 5.71. The molecule has 1 amide bonds. The summed E-state index contributed by atoms with van der Waals surface area (Å²) in [7, 11) is 0. The van der Waals surface area contributed by atoms with E-state index in [1.807, 2.05) is 18.2 Å². The highest BCUT2D eigenvalue weighted by molar-refractivity contribution is 6.31. The first-order chi connectivity index (χ1) is 9.63. The van der Waals surface area contributed by atoms with E-state index >= 15 is 0 Å². The van der Waals surface area contributed by atoms with Crippen LogP contribution in [0.5, 0.6) is 0 Å². The van der Waals surface area contributed by atoms with Gasteiger partial charge in [0.15, 0.2) is 5.58 Å². The number of nitrogens with zero attached hydrogens (tertiary/aromatic N) is 1. The standard InChI is InChI=1S/C15H11ClN2O2/c1-9(19)17-12-5-3-2-4-11(12)15-18-13-8-10(16)6-7-14(13)20-15/h2-8H,1H3,(H,17,19). The monoisotopic (exact) mass is 286 g/mol. The molecule has 0 bridgehead atoms. The van der Waals surface area contributed by atoms with Crippen molar-refractivity contribution in [2.24, 2.45) is 0 Å².